The predicted octanol–water partition coefficient (Wildman–Crippen LogP) is 8.16. The smallest absolute Gasteiger partial charge is 0.260 e. The standard InChI is InChI=1S/C42H56N6O3S/c1-39(2,3)30-21-23-43-33(25-30)32-20-22-42(9)26-41(7,8)48(27-42)37-31(38(49)47-52(50,51)35-17-13-16-34(44-32)45-35)24-29(36(46-37)40(4,5)6)19-18-28-14-11-10-12-15-28/h10-17,21,23-25,32,38,47,49H,18-20,22,26-27H2,1-9H3,(H,44,45). The van der Waals surface area contributed by atoms with Crippen LogP contribution in [0.15, 0.2) is 78.0 Å². The van der Waals surface area contributed by atoms with Gasteiger partial charge in [0.1, 0.15) is 17.9 Å². The number of aromatic nitrogens is 3. The molecule has 5 heterocycles. The summed E-state index contributed by atoms with van der Waals surface area (Å²) < 4.78 is 30.5. The van der Waals surface area contributed by atoms with Crippen LogP contribution < -0.4 is 14.9 Å². The number of hydrogen-bond acceptors (Lipinski definition) is 8. The first-order valence-corrected chi connectivity index (χ1v) is 20.0. The first-order chi connectivity index (χ1) is 24.2. The first-order valence-electron chi connectivity index (χ1n) is 18.5. The lowest BCUT2D eigenvalue weighted by Gasteiger charge is -2.36. The van der Waals surface area contributed by atoms with Gasteiger partial charge in [-0.2, -0.15) is 4.72 Å². The molecule has 1 aromatic carbocycles. The molecule has 1 saturated heterocycles. The Balaban J connectivity index is 1.49. The fourth-order valence-corrected chi connectivity index (χ4v) is 9.07. The van der Waals surface area contributed by atoms with Gasteiger partial charge in [0.25, 0.3) is 10.0 Å². The molecule has 0 amide bonds. The summed E-state index contributed by atoms with van der Waals surface area (Å²) in [7, 11) is -4.25. The summed E-state index contributed by atoms with van der Waals surface area (Å²) in [6.45, 7) is 20.5. The Bertz CT molecular complexity index is 2020. The van der Waals surface area contributed by atoms with E-state index >= 15 is 0 Å². The summed E-state index contributed by atoms with van der Waals surface area (Å²) in [5, 5.41) is 15.3. The third-order valence-corrected chi connectivity index (χ3v) is 12.0. The molecular weight excluding hydrogens is 669 g/mol. The number of anilines is 2. The van der Waals surface area contributed by atoms with Gasteiger partial charge >= 0.3 is 0 Å². The second kappa shape index (κ2) is 13.8. The van der Waals surface area contributed by atoms with E-state index in [4.69, 9.17) is 9.97 Å². The van der Waals surface area contributed by atoms with E-state index in [2.05, 4.69) is 107 Å². The van der Waals surface area contributed by atoms with E-state index < -0.39 is 16.3 Å². The molecule has 0 radical (unpaired) electrons. The highest BCUT2D eigenvalue weighted by atomic mass is 32.2. The fraction of sp³-hybridized carbons (Fsp3) is 0.500. The van der Waals surface area contributed by atoms with E-state index in [-0.39, 0.29) is 32.9 Å². The van der Waals surface area contributed by atoms with Gasteiger partial charge in [-0.3, -0.25) is 4.98 Å². The van der Waals surface area contributed by atoms with Crippen molar-refractivity contribution < 1.29 is 13.5 Å². The lowest BCUT2D eigenvalue weighted by molar-refractivity contribution is 0.166. The number of aliphatic hydroxyl groups excluding tert-OH is 1. The van der Waals surface area contributed by atoms with E-state index in [9.17, 15) is 13.5 Å². The second-order valence-electron chi connectivity index (χ2n) is 17.9. The largest absolute Gasteiger partial charge is 0.373 e. The van der Waals surface area contributed by atoms with Crippen LogP contribution in [0.1, 0.15) is 127 Å². The van der Waals surface area contributed by atoms with Crippen LogP contribution in [0.2, 0.25) is 0 Å². The predicted molar refractivity (Wildman–Crippen MR) is 209 cm³/mol. The van der Waals surface area contributed by atoms with Crippen LogP contribution in [0.5, 0.6) is 0 Å². The molecule has 10 heteroatoms. The minimum atomic E-state index is -4.25. The number of nitrogens with zero attached hydrogens (tertiary/aromatic N) is 4. The molecule has 0 aliphatic carbocycles. The summed E-state index contributed by atoms with van der Waals surface area (Å²) in [6.07, 6.45) is 4.31. The summed E-state index contributed by atoms with van der Waals surface area (Å²) in [6, 6.07) is 21.2. The number of aliphatic hydroxyl groups is 1. The minimum absolute atomic E-state index is 0.0636. The topological polar surface area (TPSA) is 120 Å². The Kier molecular flexibility index (Phi) is 10.1. The van der Waals surface area contributed by atoms with E-state index in [1.807, 2.05) is 30.5 Å². The maximum Gasteiger partial charge on any atom is 0.260 e. The van der Waals surface area contributed by atoms with Gasteiger partial charge in [0, 0.05) is 29.3 Å². The highest BCUT2D eigenvalue weighted by molar-refractivity contribution is 7.89. The van der Waals surface area contributed by atoms with Crippen molar-refractivity contribution >= 4 is 21.7 Å². The van der Waals surface area contributed by atoms with Crippen LogP contribution >= 0.6 is 0 Å². The molecule has 3 aromatic heterocycles. The molecule has 1 fully saturated rings. The molecule has 2 aliphatic rings. The SMILES string of the molecule is CC12CCC(c3cc(C(C)(C)C)ccn3)Nc3cccc(n3)S(=O)(=O)NC(O)c3cc(CCc4ccccc4)c(C(C)(C)C)nc3N(C1)C(C)(C)C2. The van der Waals surface area contributed by atoms with Crippen molar-refractivity contribution in [1.29, 1.82) is 0 Å². The van der Waals surface area contributed by atoms with E-state index in [0.717, 1.165) is 42.6 Å². The molecule has 3 atom stereocenters. The molecule has 3 N–H and O–H groups in total. The molecular formula is C42H56N6O3S. The Morgan fingerprint density at radius 3 is 2.33 bits per heavy atom. The van der Waals surface area contributed by atoms with Crippen molar-refractivity contribution in [2.45, 2.75) is 128 Å². The number of rotatable bonds is 4. The molecule has 278 valence electrons. The summed E-state index contributed by atoms with van der Waals surface area (Å²) in [4.78, 5) is 17.1. The number of nitrogens with one attached hydrogen (secondary N) is 2. The third-order valence-electron chi connectivity index (χ3n) is 10.7. The number of aryl methyl sites for hydroxylation is 2. The van der Waals surface area contributed by atoms with Crippen molar-refractivity contribution in [3.05, 3.63) is 107 Å². The molecule has 6 rings (SSSR count). The normalized spacial score (nSPS) is 23.2. The number of fused-ring (bicyclic) bond motifs is 6. The minimum Gasteiger partial charge on any atom is -0.373 e. The summed E-state index contributed by atoms with van der Waals surface area (Å²) >= 11 is 0. The molecule has 3 unspecified atom stereocenters. The Hall–Kier alpha value is -3.86. The van der Waals surface area contributed by atoms with Gasteiger partial charge in [-0.05, 0) is 104 Å². The van der Waals surface area contributed by atoms with Crippen molar-refractivity contribution in [2.75, 3.05) is 16.8 Å². The average Bonchev–Trinajstić information content (AvgIpc) is 3.32. The molecule has 9 nitrogen and oxygen atoms in total. The molecule has 4 aromatic rings. The van der Waals surface area contributed by atoms with Crippen LogP contribution in [0.4, 0.5) is 11.6 Å². The third kappa shape index (κ3) is 8.19. The van der Waals surface area contributed by atoms with Crippen molar-refractivity contribution in [3.63, 3.8) is 0 Å². The number of sulfonamides is 1. The molecule has 4 bridgehead atoms. The van der Waals surface area contributed by atoms with Crippen molar-refractivity contribution in [2.24, 2.45) is 5.41 Å². The zero-order valence-corrected chi connectivity index (χ0v) is 33.1. The molecule has 0 spiro atoms. The number of benzene rings is 1. The highest BCUT2D eigenvalue weighted by Gasteiger charge is 2.47. The van der Waals surface area contributed by atoms with Crippen molar-refractivity contribution in [3.8, 4) is 0 Å². The van der Waals surface area contributed by atoms with Gasteiger partial charge in [-0.1, -0.05) is 84.9 Å². The maximum absolute atomic E-state index is 14.0. The van der Waals surface area contributed by atoms with Gasteiger partial charge in [0.15, 0.2) is 5.03 Å². The average molecular weight is 725 g/mol. The second-order valence-corrected chi connectivity index (χ2v) is 19.5. The Morgan fingerprint density at radius 2 is 1.63 bits per heavy atom. The van der Waals surface area contributed by atoms with Crippen LogP contribution in [0.25, 0.3) is 0 Å². The van der Waals surface area contributed by atoms with Crippen LogP contribution in [-0.4, -0.2) is 40.6 Å². The monoisotopic (exact) mass is 724 g/mol. The zero-order chi connectivity index (χ0) is 37.7. The van der Waals surface area contributed by atoms with Gasteiger partial charge in [-0.25, -0.2) is 18.4 Å². The molecule has 2 aliphatic heterocycles. The number of pyridine rings is 3. The van der Waals surface area contributed by atoms with E-state index in [1.165, 1.54) is 17.2 Å². The Labute approximate surface area is 310 Å². The van der Waals surface area contributed by atoms with Gasteiger partial charge in [0.05, 0.1) is 17.4 Å². The summed E-state index contributed by atoms with van der Waals surface area (Å²) in [5.74, 6) is 1.04. The number of hydrogen-bond donors (Lipinski definition) is 3. The van der Waals surface area contributed by atoms with Gasteiger partial charge in [0.2, 0.25) is 0 Å². The highest BCUT2D eigenvalue weighted by Crippen LogP contribution is 2.49. The van der Waals surface area contributed by atoms with Crippen LogP contribution in [0, 0.1) is 5.41 Å². The molecule has 0 saturated carbocycles. The van der Waals surface area contributed by atoms with Gasteiger partial charge < -0.3 is 15.3 Å². The molecule has 52 heavy (non-hydrogen) atoms. The maximum atomic E-state index is 14.0. The fourth-order valence-electron chi connectivity index (χ4n) is 8.05. The van der Waals surface area contributed by atoms with Crippen molar-refractivity contribution in [1.82, 2.24) is 19.7 Å². The Morgan fingerprint density at radius 1 is 0.904 bits per heavy atom. The van der Waals surface area contributed by atoms with Gasteiger partial charge in [-0.15, -0.1) is 0 Å². The van der Waals surface area contributed by atoms with Crippen LogP contribution in [-0.2, 0) is 33.7 Å². The van der Waals surface area contributed by atoms with Crippen LogP contribution in [0.3, 0.4) is 0 Å². The lowest BCUT2D eigenvalue weighted by Crippen LogP contribution is -2.41. The quantitative estimate of drug-likeness (QED) is 0.193. The van der Waals surface area contributed by atoms with E-state index in [0.29, 0.717) is 30.2 Å². The lowest BCUT2D eigenvalue weighted by atomic mass is 9.79. The van der Waals surface area contributed by atoms with E-state index in [1.54, 1.807) is 12.1 Å². The summed E-state index contributed by atoms with van der Waals surface area (Å²) in [5.41, 5.74) is 4.85. The first kappa shape index (κ1) is 37.9. The zero-order valence-electron chi connectivity index (χ0n) is 32.3.